The van der Waals surface area contributed by atoms with E-state index in [0.29, 0.717) is 31.2 Å². The van der Waals surface area contributed by atoms with Crippen LogP contribution in [-0.4, -0.2) is 68.7 Å². The van der Waals surface area contributed by atoms with Crippen molar-refractivity contribution in [2.75, 3.05) is 31.5 Å². The van der Waals surface area contributed by atoms with Crippen LogP contribution in [0.3, 0.4) is 0 Å². The van der Waals surface area contributed by atoms with E-state index in [1.165, 1.54) is 13.1 Å². The van der Waals surface area contributed by atoms with E-state index >= 15 is 0 Å². The standard InChI is InChI=1S/C10H15N5O3S/c1-7(16)9(17)14-2-4-15(5-3-14)10(18)12-8-6-11-13-19-8/h6-7,16H,2-5H2,1H3,(H,12,18). The first-order valence-electron chi connectivity index (χ1n) is 5.88. The van der Waals surface area contributed by atoms with Gasteiger partial charge < -0.3 is 14.9 Å². The molecule has 0 aromatic carbocycles. The summed E-state index contributed by atoms with van der Waals surface area (Å²) in [4.78, 5) is 26.6. The summed E-state index contributed by atoms with van der Waals surface area (Å²) in [6.07, 6.45) is 0.485. The molecule has 0 aliphatic carbocycles. The molecule has 1 aromatic heterocycles. The summed E-state index contributed by atoms with van der Waals surface area (Å²) in [7, 11) is 0. The third kappa shape index (κ3) is 3.38. The van der Waals surface area contributed by atoms with E-state index in [2.05, 4.69) is 14.9 Å². The molecule has 0 radical (unpaired) electrons. The number of nitrogens with zero attached hydrogens (tertiary/aromatic N) is 4. The first kappa shape index (κ1) is 13.7. The van der Waals surface area contributed by atoms with Crippen LogP contribution in [0.2, 0.25) is 0 Å². The van der Waals surface area contributed by atoms with Gasteiger partial charge in [0, 0.05) is 37.7 Å². The van der Waals surface area contributed by atoms with Crippen molar-refractivity contribution in [3.8, 4) is 0 Å². The van der Waals surface area contributed by atoms with Crippen molar-refractivity contribution in [3.05, 3.63) is 6.20 Å². The summed E-state index contributed by atoms with van der Waals surface area (Å²) in [5, 5.41) is 16.1. The second kappa shape index (κ2) is 5.93. The van der Waals surface area contributed by atoms with Gasteiger partial charge in [0.05, 0.1) is 6.20 Å². The van der Waals surface area contributed by atoms with Gasteiger partial charge in [0.15, 0.2) is 0 Å². The van der Waals surface area contributed by atoms with Crippen molar-refractivity contribution in [1.29, 1.82) is 0 Å². The lowest BCUT2D eigenvalue weighted by molar-refractivity contribution is -0.140. The van der Waals surface area contributed by atoms with Crippen LogP contribution in [0.25, 0.3) is 0 Å². The third-order valence-electron chi connectivity index (χ3n) is 2.83. The minimum atomic E-state index is -0.997. The molecule has 1 aromatic rings. The number of aliphatic hydroxyl groups is 1. The van der Waals surface area contributed by atoms with Crippen molar-refractivity contribution in [2.45, 2.75) is 13.0 Å². The van der Waals surface area contributed by atoms with Gasteiger partial charge in [0.2, 0.25) is 0 Å². The normalized spacial score (nSPS) is 17.2. The fraction of sp³-hybridized carbons (Fsp3) is 0.600. The Hall–Kier alpha value is -1.74. The quantitative estimate of drug-likeness (QED) is 0.770. The number of carbonyl (C=O) groups is 2. The first-order valence-corrected chi connectivity index (χ1v) is 6.65. The molecule has 1 unspecified atom stereocenters. The van der Waals surface area contributed by atoms with Crippen molar-refractivity contribution in [3.63, 3.8) is 0 Å². The average molecular weight is 285 g/mol. The topological polar surface area (TPSA) is 98.7 Å². The van der Waals surface area contributed by atoms with Gasteiger partial charge in [0.25, 0.3) is 5.91 Å². The Morgan fingerprint density at radius 1 is 1.37 bits per heavy atom. The lowest BCUT2D eigenvalue weighted by Gasteiger charge is -2.35. The van der Waals surface area contributed by atoms with Gasteiger partial charge in [-0.25, -0.2) is 4.79 Å². The second-order valence-electron chi connectivity index (χ2n) is 4.20. The highest BCUT2D eigenvalue weighted by atomic mass is 32.1. The number of aromatic nitrogens is 2. The highest BCUT2D eigenvalue weighted by molar-refractivity contribution is 7.10. The minimum absolute atomic E-state index is 0.227. The van der Waals surface area contributed by atoms with Gasteiger partial charge in [-0.05, 0) is 6.92 Å². The van der Waals surface area contributed by atoms with Crippen LogP contribution in [0, 0.1) is 0 Å². The van der Waals surface area contributed by atoms with Crippen LogP contribution in [-0.2, 0) is 4.79 Å². The molecule has 1 fully saturated rings. The molecule has 1 atom stereocenters. The molecule has 1 aliphatic heterocycles. The molecule has 19 heavy (non-hydrogen) atoms. The number of aliphatic hydroxyl groups excluding tert-OH is 1. The number of anilines is 1. The fourth-order valence-corrected chi connectivity index (χ4v) is 2.21. The van der Waals surface area contributed by atoms with E-state index in [4.69, 9.17) is 0 Å². The monoisotopic (exact) mass is 285 g/mol. The van der Waals surface area contributed by atoms with E-state index in [1.54, 1.807) is 9.80 Å². The maximum Gasteiger partial charge on any atom is 0.322 e. The van der Waals surface area contributed by atoms with Gasteiger partial charge >= 0.3 is 6.03 Å². The molecule has 1 aliphatic rings. The van der Waals surface area contributed by atoms with Gasteiger partial charge in [-0.2, -0.15) is 0 Å². The number of rotatable bonds is 2. The predicted octanol–water partition coefficient (Wildman–Crippen LogP) is -0.405. The Morgan fingerprint density at radius 3 is 2.53 bits per heavy atom. The Kier molecular flexibility index (Phi) is 4.27. The molecule has 8 nitrogen and oxygen atoms in total. The zero-order valence-corrected chi connectivity index (χ0v) is 11.3. The van der Waals surface area contributed by atoms with Crippen LogP contribution < -0.4 is 5.32 Å². The predicted molar refractivity (Wildman–Crippen MR) is 68.8 cm³/mol. The summed E-state index contributed by atoms with van der Waals surface area (Å²) < 4.78 is 3.65. The fourth-order valence-electron chi connectivity index (χ4n) is 1.80. The molecule has 3 amide bonds. The number of piperazine rings is 1. The number of hydrogen-bond acceptors (Lipinski definition) is 6. The molecule has 1 saturated heterocycles. The van der Waals surface area contributed by atoms with Crippen molar-refractivity contribution >= 4 is 28.5 Å². The van der Waals surface area contributed by atoms with E-state index in [0.717, 1.165) is 11.5 Å². The van der Waals surface area contributed by atoms with Gasteiger partial charge in [-0.1, -0.05) is 4.49 Å². The Morgan fingerprint density at radius 2 is 2.00 bits per heavy atom. The third-order valence-corrected chi connectivity index (χ3v) is 3.41. The summed E-state index contributed by atoms with van der Waals surface area (Å²) in [6, 6.07) is -0.227. The maximum atomic E-state index is 11.9. The molecule has 0 spiro atoms. The van der Waals surface area contributed by atoms with Gasteiger partial charge in [-0.15, -0.1) is 5.10 Å². The van der Waals surface area contributed by atoms with E-state index < -0.39 is 6.10 Å². The van der Waals surface area contributed by atoms with Gasteiger partial charge in [0.1, 0.15) is 11.1 Å². The molecular weight excluding hydrogens is 270 g/mol. The number of nitrogens with one attached hydrogen (secondary N) is 1. The van der Waals surface area contributed by atoms with Crippen LogP contribution in [0.5, 0.6) is 0 Å². The molecule has 0 saturated carbocycles. The average Bonchev–Trinajstić information content (AvgIpc) is 2.90. The summed E-state index contributed by atoms with van der Waals surface area (Å²) in [5.41, 5.74) is 0. The molecule has 104 valence electrons. The molecule has 2 N–H and O–H groups in total. The first-order chi connectivity index (χ1) is 9.08. The van der Waals surface area contributed by atoms with E-state index in [-0.39, 0.29) is 11.9 Å². The SMILES string of the molecule is CC(O)C(=O)N1CCN(C(=O)Nc2cnns2)CC1. The van der Waals surface area contributed by atoms with Gasteiger partial charge in [-0.3, -0.25) is 10.1 Å². The van der Waals surface area contributed by atoms with E-state index in [9.17, 15) is 14.7 Å². The van der Waals surface area contributed by atoms with Crippen molar-refractivity contribution in [2.24, 2.45) is 0 Å². The number of hydrogen-bond donors (Lipinski definition) is 2. The molecule has 2 rings (SSSR count). The van der Waals surface area contributed by atoms with Crippen LogP contribution in [0.4, 0.5) is 9.80 Å². The maximum absolute atomic E-state index is 11.9. The number of urea groups is 1. The lowest BCUT2D eigenvalue weighted by atomic mass is 10.2. The lowest BCUT2D eigenvalue weighted by Crippen LogP contribution is -2.53. The summed E-state index contributed by atoms with van der Waals surface area (Å²) in [6.45, 7) is 3.18. The highest BCUT2D eigenvalue weighted by Crippen LogP contribution is 2.11. The molecule has 0 bridgehead atoms. The summed E-state index contributed by atoms with van der Waals surface area (Å²) in [5.74, 6) is -0.299. The molecule has 2 heterocycles. The molecule has 9 heteroatoms. The Balaban J connectivity index is 1.83. The zero-order valence-electron chi connectivity index (χ0n) is 10.4. The van der Waals surface area contributed by atoms with Crippen molar-refractivity contribution < 1.29 is 14.7 Å². The second-order valence-corrected chi connectivity index (χ2v) is 4.99. The van der Waals surface area contributed by atoms with Crippen LogP contribution >= 0.6 is 11.5 Å². The van der Waals surface area contributed by atoms with E-state index in [1.807, 2.05) is 0 Å². The number of amides is 3. The van der Waals surface area contributed by atoms with Crippen LogP contribution in [0.1, 0.15) is 6.92 Å². The minimum Gasteiger partial charge on any atom is -0.384 e. The summed E-state index contributed by atoms with van der Waals surface area (Å²) >= 11 is 1.11. The van der Waals surface area contributed by atoms with Crippen molar-refractivity contribution in [1.82, 2.24) is 19.4 Å². The number of carbonyl (C=O) groups excluding carboxylic acids is 2. The smallest absolute Gasteiger partial charge is 0.322 e. The largest absolute Gasteiger partial charge is 0.384 e. The zero-order chi connectivity index (χ0) is 13.8. The molecular formula is C10H15N5O3S. The Bertz CT molecular complexity index is 442. The van der Waals surface area contributed by atoms with Crippen LogP contribution in [0.15, 0.2) is 6.20 Å². The Labute approximate surface area is 114 Å². The highest BCUT2D eigenvalue weighted by Gasteiger charge is 2.26.